The van der Waals surface area contributed by atoms with E-state index in [1.807, 2.05) is 44.3 Å². The van der Waals surface area contributed by atoms with E-state index in [1.54, 1.807) is 6.07 Å². The number of nitrogens with zero attached hydrogens (tertiary/aromatic N) is 1. The van der Waals surface area contributed by atoms with E-state index in [0.717, 1.165) is 24.3 Å². The van der Waals surface area contributed by atoms with E-state index in [9.17, 15) is 4.79 Å². The summed E-state index contributed by atoms with van der Waals surface area (Å²) < 4.78 is 5.41. The molecular formula is C22H27ClN2O2. The molecule has 144 valence electrons. The van der Waals surface area contributed by atoms with Gasteiger partial charge >= 0.3 is 0 Å². The zero-order valence-corrected chi connectivity index (χ0v) is 16.8. The SMILES string of the molecule is CCC(Cc1ccccc1)(NC)C(=O)c1ccc(N2CCOCC2)c(Cl)c1. The molecule has 3 rings (SSSR count). The number of anilines is 1. The third-order valence-corrected chi connectivity index (χ3v) is 5.73. The van der Waals surface area contributed by atoms with E-state index in [-0.39, 0.29) is 5.78 Å². The number of nitrogens with one attached hydrogen (secondary N) is 1. The number of rotatable bonds is 7. The summed E-state index contributed by atoms with van der Waals surface area (Å²) in [6.45, 7) is 5.08. The summed E-state index contributed by atoms with van der Waals surface area (Å²) in [5, 5.41) is 3.90. The monoisotopic (exact) mass is 386 g/mol. The molecule has 27 heavy (non-hydrogen) atoms. The van der Waals surface area contributed by atoms with Gasteiger partial charge in [-0.05, 0) is 43.7 Å². The van der Waals surface area contributed by atoms with Crippen LogP contribution in [0.5, 0.6) is 0 Å². The first kappa shape index (κ1) is 19.9. The van der Waals surface area contributed by atoms with Gasteiger partial charge in [0.25, 0.3) is 0 Å². The van der Waals surface area contributed by atoms with Gasteiger partial charge in [0.1, 0.15) is 0 Å². The molecule has 0 aliphatic carbocycles. The lowest BCUT2D eigenvalue weighted by Crippen LogP contribution is -2.51. The second kappa shape index (κ2) is 8.87. The van der Waals surface area contributed by atoms with Gasteiger partial charge in [-0.1, -0.05) is 48.9 Å². The molecule has 1 saturated heterocycles. The highest BCUT2D eigenvalue weighted by atomic mass is 35.5. The molecule has 0 saturated carbocycles. The van der Waals surface area contributed by atoms with Crippen molar-refractivity contribution in [1.29, 1.82) is 0 Å². The van der Waals surface area contributed by atoms with Crippen LogP contribution in [0.25, 0.3) is 0 Å². The van der Waals surface area contributed by atoms with Crippen LogP contribution in [-0.4, -0.2) is 44.7 Å². The highest BCUT2D eigenvalue weighted by Gasteiger charge is 2.36. The summed E-state index contributed by atoms with van der Waals surface area (Å²) in [7, 11) is 1.86. The van der Waals surface area contributed by atoms with Crippen LogP contribution in [0.2, 0.25) is 5.02 Å². The minimum Gasteiger partial charge on any atom is -0.378 e. The molecule has 0 bridgehead atoms. The molecule has 4 nitrogen and oxygen atoms in total. The average molecular weight is 387 g/mol. The van der Waals surface area contributed by atoms with E-state index < -0.39 is 5.54 Å². The van der Waals surface area contributed by atoms with Gasteiger partial charge in [0, 0.05) is 18.7 Å². The molecule has 1 aliphatic rings. The van der Waals surface area contributed by atoms with Gasteiger partial charge in [-0.15, -0.1) is 0 Å². The first-order valence-corrected chi connectivity index (χ1v) is 9.87. The second-order valence-electron chi connectivity index (χ2n) is 6.94. The Morgan fingerprint density at radius 1 is 1.19 bits per heavy atom. The predicted molar refractivity (Wildman–Crippen MR) is 111 cm³/mol. The van der Waals surface area contributed by atoms with Gasteiger partial charge in [0.05, 0.1) is 29.5 Å². The summed E-state index contributed by atoms with van der Waals surface area (Å²) in [6.07, 6.45) is 1.34. The Balaban J connectivity index is 1.86. The van der Waals surface area contributed by atoms with Crippen LogP contribution < -0.4 is 10.2 Å². The third kappa shape index (κ3) is 4.34. The van der Waals surface area contributed by atoms with Crippen LogP contribution in [0.4, 0.5) is 5.69 Å². The number of benzene rings is 2. The van der Waals surface area contributed by atoms with Crippen LogP contribution in [0.3, 0.4) is 0 Å². The summed E-state index contributed by atoms with van der Waals surface area (Å²) in [5.74, 6) is 0.0757. The molecule has 1 unspecified atom stereocenters. The lowest BCUT2D eigenvalue weighted by atomic mass is 9.81. The van der Waals surface area contributed by atoms with Crippen molar-refractivity contribution in [2.24, 2.45) is 0 Å². The van der Waals surface area contributed by atoms with E-state index >= 15 is 0 Å². The summed E-state index contributed by atoms with van der Waals surface area (Å²) in [6, 6.07) is 15.8. The number of hydrogen-bond donors (Lipinski definition) is 1. The standard InChI is InChI=1S/C22H27ClN2O2/c1-3-22(24-2,16-17-7-5-4-6-8-17)21(26)18-9-10-20(19(23)15-18)25-11-13-27-14-12-25/h4-10,15,24H,3,11-14,16H2,1-2H3. The van der Waals surface area contributed by atoms with Gasteiger partial charge in [0.15, 0.2) is 5.78 Å². The van der Waals surface area contributed by atoms with Crippen molar-refractivity contribution in [3.63, 3.8) is 0 Å². The maximum atomic E-state index is 13.4. The van der Waals surface area contributed by atoms with Gasteiger partial charge in [0.2, 0.25) is 0 Å². The van der Waals surface area contributed by atoms with Crippen LogP contribution in [0, 0.1) is 0 Å². The van der Waals surface area contributed by atoms with Crippen LogP contribution >= 0.6 is 11.6 Å². The highest BCUT2D eigenvalue weighted by molar-refractivity contribution is 6.33. The Labute approximate surface area is 166 Å². The van der Waals surface area contributed by atoms with Crippen molar-refractivity contribution in [3.05, 3.63) is 64.7 Å². The van der Waals surface area contributed by atoms with Crippen molar-refractivity contribution in [3.8, 4) is 0 Å². The maximum absolute atomic E-state index is 13.4. The van der Waals surface area contributed by atoms with Gasteiger partial charge in [-0.3, -0.25) is 4.79 Å². The minimum atomic E-state index is -0.648. The van der Waals surface area contributed by atoms with Crippen LogP contribution in [0.15, 0.2) is 48.5 Å². The van der Waals surface area contributed by atoms with Crippen molar-refractivity contribution in [2.75, 3.05) is 38.3 Å². The van der Waals surface area contributed by atoms with E-state index in [4.69, 9.17) is 16.3 Å². The molecule has 1 aliphatic heterocycles. The van der Waals surface area contributed by atoms with Gasteiger partial charge in [-0.2, -0.15) is 0 Å². The maximum Gasteiger partial charge on any atom is 0.183 e. The van der Waals surface area contributed by atoms with Gasteiger partial charge in [-0.25, -0.2) is 0 Å². The number of halogens is 1. The fourth-order valence-corrected chi connectivity index (χ4v) is 3.97. The lowest BCUT2D eigenvalue weighted by molar-refractivity contribution is 0.0851. The lowest BCUT2D eigenvalue weighted by Gasteiger charge is -2.32. The highest BCUT2D eigenvalue weighted by Crippen LogP contribution is 2.30. The van der Waals surface area contributed by atoms with Crippen molar-refractivity contribution >= 4 is 23.1 Å². The summed E-state index contributed by atoms with van der Waals surface area (Å²) >= 11 is 6.55. The van der Waals surface area contributed by atoms with Crippen molar-refractivity contribution in [1.82, 2.24) is 5.32 Å². The quantitative estimate of drug-likeness (QED) is 0.731. The average Bonchev–Trinajstić information content (AvgIpc) is 2.73. The first-order valence-electron chi connectivity index (χ1n) is 9.49. The molecule has 1 fully saturated rings. The molecule has 2 aromatic carbocycles. The minimum absolute atomic E-state index is 0.0757. The number of carbonyl (C=O) groups is 1. The van der Waals surface area contributed by atoms with Gasteiger partial charge < -0.3 is 15.0 Å². The number of morpholine rings is 1. The van der Waals surface area contributed by atoms with E-state index in [1.165, 1.54) is 0 Å². The predicted octanol–water partition coefficient (Wildman–Crippen LogP) is 3.97. The molecule has 0 spiro atoms. The molecule has 0 aromatic heterocycles. The van der Waals surface area contributed by atoms with E-state index in [2.05, 4.69) is 22.3 Å². The number of ether oxygens (including phenoxy) is 1. The molecular weight excluding hydrogens is 360 g/mol. The molecule has 0 radical (unpaired) electrons. The zero-order chi connectivity index (χ0) is 19.3. The topological polar surface area (TPSA) is 41.6 Å². The molecule has 0 amide bonds. The number of ketones is 1. The molecule has 1 N–H and O–H groups in total. The van der Waals surface area contributed by atoms with Crippen molar-refractivity contribution in [2.45, 2.75) is 25.3 Å². The number of hydrogen-bond acceptors (Lipinski definition) is 4. The molecule has 5 heteroatoms. The third-order valence-electron chi connectivity index (χ3n) is 5.43. The second-order valence-corrected chi connectivity index (χ2v) is 7.35. The Kier molecular flexibility index (Phi) is 6.53. The number of likely N-dealkylation sites (N-methyl/N-ethyl adjacent to an activating group) is 1. The Hall–Kier alpha value is -1.88. The smallest absolute Gasteiger partial charge is 0.183 e. The number of carbonyl (C=O) groups excluding carboxylic acids is 1. The molecule has 2 aromatic rings. The van der Waals surface area contributed by atoms with Crippen LogP contribution in [-0.2, 0) is 11.2 Å². The fraction of sp³-hybridized carbons (Fsp3) is 0.409. The molecule has 1 heterocycles. The Morgan fingerprint density at radius 2 is 1.89 bits per heavy atom. The Bertz CT molecular complexity index is 769. The van der Waals surface area contributed by atoms with Crippen molar-refractivity contribution < 1.29 is 9.53 Å². The normalized spacial score (nSPS) is 16.8. The first-order chi connectivity index (χ1) is 13.1. The Morgan fingerprint density at radius 3 is 2.48 bits per heavy atom. The van der Waals surface area contributed by atoms with Crippen LogP contribution in [0.1, 0.15) is 29.3 Å². The summed E-state index contributed by atoms with van der Waals surface area (Å²) in [5.41, 5.74) is 2.10. The zero-order valence-electron chi connectivity index (χ0n) is 16.0. The fourth-order valence-electron chi connectivity index (χ4n) is 3.67. The largest absolute Gasteiger partial charge is 0.378 e. The van der Waals surface area contributed by atoms with E-state index in [0.29, 0.717) is 36.6 Å². The molecule has 1 atom stereocenters. The summed E-state index contributed by atoms with van der Waals surface area (Å²) in [4.78, 5) is 15.6. The number of Topliss-reactive ketones (excluding diaryl/α,β-unsaturated/α-hetero) is 1.